The van der Waals surface area contributed by atoms with Crippen LogP contribution in [0.25, 0.3) is 10.8 Å². The summed E-state index contributed by atoms with van der Waals surface area (Å²) < 4.78 is 13.7. The topological polar surface area (TPSA) is 168 Å². The lowest BCUT2D eigenvalue weighted by Gasteiger charge is -2.26. The van der Waals surface area contributed by atoms with Gasteiger partial charge in [-0.05, 0) is 40.7 Å². The second-order valence-electron chi connectivity index (χ2n) is 11.3. The predicted octanol–water partition coefficient (Wildman–Crippen LogP) is 3.17. The third-order valence-electron chi connectivity index (χ3n) is 7.62. The van der Waals surface area contributed by atoms with Crippen LogP contribution in [0.3, 0.4) is 0 Å². The largest absolute Gasteiger partial charge is 0.368 e. The number of hydrogen-bond donors (Lipinski definition) is 5. The zero-order valence-corrected chi connectivity index (χ0v) is 25.4. The maximum absolute atomic E-state index is 13.7. The quantitative estimate of drug-likeness (QED) is 0.122. The molecule has 3 aromatic rings. The molecule has 4 amide bonds. The second-order valence-corrected chi connectivity index (χ2v) is 13.8. The number of benzene rings is 3. The van der Waals surface area contributed by atoms with Crippen molar-refractivity contribution in [3.8, 4) is 0 Å². The summed E-state index contributed by atoms with van der Waals surface area (Å²) in [7, 11) is -4.34. The summed E-state index contributed by atoms with van der Waals surface area (Å²) in [4.78, 5) is 62.2. The molecule has 1 saturated carbocycles. The van der Waals surface area contributed by atoms with Gasteiger partial charge >= 0.3 is 0 Å². The minimum atomic E-state index is -4.34. The van der Waals surface area contributed by atoms with E-state index in [1.807, 2.05) is 48.5 Å². The Morgan fingerprint density at radius 1 is 0.886 bits per heavy atom. The third-order valence-corrected chi connectivity index (χ3v) is 9.64. The molecule has 0 aromatic heterocycles. The van der Waals surface area contributed by atoms with E-state index in [4.69, 9.17) is 5.73 Å². The molecule has 3 aromatic carbocycles. The number of hydrogen-bond acceptors (Lipinski definition) is 5. The highest BCUT2D eigenvalue weighted by Gasteiger charge is 2.37. The Morgan fingerprint density at radius 2 is 1.57 bits per heavy atom. The molecule has 0 bridgehead atoms. The number of rotatable bonds is 16. The van der Waals surface area contributed by atoms with Crippen molar-refractivity contribution in [3.63, 3.8) is 0 Å². The number of carbonyl (C=O) groups is 4. The molecule has 44 heavy (non-hydrogen) atoms. The number of primary amides is 1. The van der Waals surface area contributed by atoms with Crippen molar-refractivity contribution >= 4 is 41.8 Å². The number of amides is 4. The van der Waals surface area contributed by atoms with Gasteiger partial charge in [0.15, 0.2) is 0 Å². The first-order valence-electron chi connectivity index (χ1n) is 14.7. The van der Waals surface area contributed by atoms with Crippen LogP contribution < -0.4 is 21.7 Å². The fraction of sp³-hybridized carbons (Fsp3) is 0.333. The predicted molar refractivity (Wildman–Crippen MR) is 170 cm³/mol. The summed E-state index contributed by atoms with van der Waals surface area (Å²) in [5.74, 6) is -3.63. The fourth-order valence-electron chi connectivity index (χ4n) is 5.06. The van der Waals surface area contributed by atoms with E-state index in [1.54, 1.807) is 24.3 Å². The van der Waals surface area contributed by atoms with Gasteiger partial charge in [-0.1, -0.05) is 91.7 Å². The highest BCUT2D eigenvalue weighted by Crippen LogP contribution is 2.46. The van der Waals surface area contributed by atoms with Gasteiger partial charge < -0.3 is 26.6 Å². The molecule has 232 valence electrons. The average Bonchev–Trinajstić information content (AvgIpc) is 3.80. The second kappa shape index (κ2) is 14.9. The SMILES string of the molecule is C=CC[C@H](NC(=O)[C@H](CC1CC1)NC(=O)CP(=O)(O)C(Cc1ccccc1)NC(=O)Cc1ccc2ccccc2c1)C(N)=O. The van der Waals surface area contributed by atoms with Gasteiger partial charge in [-0.15, -0.1) is 6.58 Å². The van der Waals surface area contributed by atoms with Gasteiger partial charge in [0.1, 0.15) is 24.0 Å². The van der Waals surface area contributed by atoms with Gasteiger partial charge in [0.25, 0.3) is 0 Å². The van der Waals surface area contributed by atoms with E-state index in [-0.39, 0.29) is 25.2 Å². The molecule has 0 radical (unpaired) electrons. The summed E-state index contributed by atoms with van der Waals surface area (Å²) in [5.41, 5.74) is 6.84. The summed E-state index contributed by atoms with van der Waals surface area (Å²) in [6, 6.07) is 20.3. The Labute approximate surface area is 256 Å². The normalized spacial score (nSPS) is 16.1. The van der Waals surface area contributed by atoms with E-state index in [9.17, 15) is 28.6 Å². The van der Waals surface area contributed by atoms with Crippen LogP contribution in [0.2, 0.25) is 0 Å². The molecular formula is C33H39N4O6P. The van der Waals surface area contributed by atoms with Gasteiger partial charge in [-0.25, -0.2) is 0 Å². The first kappa shape index (κ1) is 32.6. The number of nitrogens with one attached hydrogen (secondary N) is 3. The van der Waals surface area contributed by atoms with Crippen LogP contribution in [0.15, 0.2) is 85.5 Å². The van der Waals surface area contributed by atoms with Crippen LogP contribution in [0, 0.1) is 5.92 Å². The Bertz CT molecular complexity index is 1560. The Morgan fingerprint density at radius 3 is 2.23 bits per heavy atom. The third kappa shape index (κ3) is 9.62. The van der Waals surface area contributed by atoms with Gasteiger partial charge in [0.05, 0.1) is 6.42 Å². The van der Waals surface area contributed by atoms with Crippen LogP contribution in [0.4, 0.5) is 0 Å². The van der Waals surface area contributed by atoms with Gasteiger partial charge in [-0.2, -0.15) is 0 Å². The smallest absolute Gasteiger partial charge is 0.243 e. The standard InChI is InChI=1S/C33H39N4O6P/c1-2-8-27(32(34)40)36-33(41)28(18-23-13-14-23)35-30(39)21-44(42,43)31(20-22-9-4-3-5-10-22)37-29(38)19-24-15-16-25-11-6-7-12-26(25)17-24/h2-7,9-12,15-17,23,27-28,31H,1,8,13-14,18-21H2,(H2,34,40)(H,35,39)(H,36,41)(H,37,38)(H,42,43)/t27-,28-,31?/m0/s1. The molecule has 4 rings (SSSR count). The summed E-state index contributed by atoms with van der Waals surface area (Å²) >= 11 is 0. The van der Waals surface area contributed by atoms with Crippen LogP contribution >= 0.6 is 7.37 Å². The molecule has 0 spiro atoms. The van der Waals surface area contributed by atoms with Gasteiger partial charge in [-0.3, -0.25) is 23.7 Å². The van der Waals surface area contributed by atoms with E-state index < -0.39 is 55.0 Å². The molecule has 1 aliphatic rings. The van der Waals surface area contributed by atoms with Crippen molar-refractivity contribution in [2.45, 2.75) is 56.4 Å². The van der Waals surface area contributed by atoms with Crippen LogP contribution in [0.1, 0.15) is 36.8 Å². The lowest BCUT2D eigenvalue weighted by atomic mass is 10.0. The lowest BCUT2D eigenvalue weighted by Crippen LogP contribution is -2.53. The Balaban J connectivity index is 1.46. The van der Waals surface area contributed by atoms with Crippen LogP contribution in [-0.2, 0) is 36.6 Å². The minimum Gasteiger partial charge on any atom is -0.368 e. The Kier molecular flexibility index (Phi) is 11.1. The van der Waals surface area contributed by atoms with E-state index >= 15 is 0 Å². The maximum atomic E-state index is 13.7. The molecule has 10 nitrogen and oxygen atoms in total. The molecule has 11 heteroatoms. The monoisotopic (exact) mass is 618 g/mol. The van der Waals surface area contributed by atoms with Crippen molar-refractivity contribution in [1.29, 1.82) is 0 Å². The molecule has 0 aliphatic heterocycles. The number of nitrogens with two attached hydrogens (primary N) is 1. The first-order valence-corrected chi connectivity index (χ1v) is 16.6. The zero-order chi connectivity index (χ0) is 31.7. The molecule has 2 unspecified atom stereocenters. The lowest BCUT2D eigenvalue weighted by molar-refractivity contribution is -0.131. The van der Waals surface area contributed by atoms with E-state index in [1.165, 1.54) is 6.08 Å². The van der Waals surface area contributed by atoms with E-state index in [0.29, 0.717) is 12.0 Å². The minimum absolute atomic E-state index is 0.0162. The van der Waals surface area contributed by atoms with Crippen LogP contribution in [0.5, 0.6) is 0 Å². The molecule has 1 aliphatic carbocycles. The molecule has 4 atom stereocenters. The molecule has 0 saturated heterocycles. The van der Waals surface area contributed by atoms with Gasteiger partial charge in [0.2, 0.25) is 31.0 Å². The highest BCUT2D eigenvalue weighted by atomic mass is 31.2. The fourth-order valence-corrected chi connectivity index (χ4v) is 6.63. The van der Waals surface area contributed by atoms with Crippen LogP contribution in [-0.4, -0.2) is 52.6 Å². The van der Waals surface area contributed by atoms with E-state index in [0.717, 1.165) is 29.2 Å². The van der Waals surface area contributed by atoms with Crippen molar-refractivity contribution in [1.82, 2.24) is 16.0 Å². The van der Waals surface area contributed by atoms with Crippen molar-refractivity contribution in [2.75, 3.05) is 6.16 Å². The number of carbonyl (C=O) groups excluding carboxylic acids is 4. The summed E-state index contributed by atoms with van der Waals surface area (Å²) in [6.45, 7) is 3.57. The Hall–Kier alpha value is -4.27. The zero-order valence-electron chi connectivity index (χ0n) is 24.5. The van der Waals surface area contributed by atoms with Crippen molar-refractivity contribution in [3.05, 3.63) is 96.6 Å². The molecule has 1 fully saturated rings. The van der Waals surface area contributed by atoms with Crippen molar-refractivity contribution < 1.29 is 28.6 Å². The maximum Gasteiger partial charge on any atom is 0.243 e. The molecular weight excluding hydrogens is 579 g/mol. The number of fused-ring (bicyclic) bond motifs is 1. The molecule has 0 heterocycles. The first-order chi connectivity index (χ1) is 21.0. The summed E-state index contributed by atoms with van der Waals surface area (Å²) in [5, 5.41) is 9.84. The highest BCUT2D eigenvalue weighted by molar-refractivity contribution is 7.59. The summed E-state index contributed by atoms with van der Waals surface area (Å²) in [6.07, 6.45) is 2.89. The van der Waals surface area contributed by atoms with Gasteiger partial charge in [0, 0.05) is 6.42 Å². The van der Waals surface area contributed by atoms with Crippen molar-refractivity contribution in [2.24, 2.45) is 11.7 Å². The molecule has 6 N–H and O–H groups in total. The van der Waals surface area contributed by atoms with E-state index in [2.05, 4.69) is 22.5 Å². The average molecular weight is 619 g/mol.